The highest BCUT2D eigenvalue weighted by atomic mass is 31.2. The number of aliphatic hydroxyl groups excluding tert-OH is 1. The van der Waals surface area contributed by atoms with Gasteiger partial charge in [-0.3, -0.25) is 37.3 Å². The second-order valence-electron chi connectivity index (χ2n) is 26.8. The second-order valence-corrected chi connectivity index (χ2v) is 29.7. The molecule has 0 heterocycles. The minimum absolute atomic E-state index is 0.104. The fourth-order valence-electron chi connectivity index (χ4n) is 11.1. The number of ether oxygens (including phenoxy) is 4. The van der Waals surface area contributed by atoms with Gasteiger partial charge >= 0.3 is 39.5 Å². The first-order chi connectivity index (χ1) is 44.4. The Bertz CT molecular complexity index is 1790. The van der Waals surface area contributed by atoms with Gasteiger partial charge in [-0.2, -0.15) is 0 Å². The maximum Gasteiger partial charge on any atom is 0.472 e. The summed E-state index contributed by atoms with van der Waals surface area (Å²) in [6.45, 7) is 9.53. The summed E-state index contributed by atoms with van der Waals surface area (Å²) < 4.78 is 68.4. The van der Waals surface area contributed by atoms with Crippen LogP contribution in [0, 0.1) is 11.8 Å². The number of esters is 4. The predicted octanol–water partition coefficient (Wildman–Crippen LogP) is 21.2. The Balaban J connectivity index is 5.25. The zero-order valence-corrected chi connectivity index (χ0v) is 61.6. The topological polar surface area (TPSA) is 237 Å². The van der Waals surface area contributed by atoms with Crippen molar-refractivity contribution in [2.24, 2.45) is 11.8 Å². The molecule has 0 aliphatic heterocycles. The quantitative estimate of drug-likeness (QED) is 0.0222. The molecule has 546 valence electrons. The molecule has 0 amide bonds. The van der Waals surface area contributed by atoms with Gasteiger partial charge in [0.05, 0.1) is 26.4 Å². The summed E-state index contributed by atoms with van der Waals surface area (Å²) >= 11 is 0. The molecule has 0 aliphatic rings. The van der Waals surface area contributed by atoms with Crippen LogP contribution in [-0.4, -0.2) is 96.7 Å². The minimum Gasteiger partial charge on any atom is -0.462 e. The number of phosphoric acid groups is 2. The summed E-state index contributed by atoms with van der Waals surface area (Å²) in [5.41, 5.74) is 0. The van der Waals surface area contributed by atoms with Gasteiger partial charge in [0.2, 0.25) is 0 Å². The lowest BCUT2D eigenvalue weighted by Crippen LogP contribution is -2.30. The van der Waals surface area contributed by atoms with Crippen LogP contribution in [0.5, 0.6) is 0 Å². The molecule has 4 unspecified atom stereocenters. The molecule has 0 saturated heterocycles. The molecular weight excluding hydrogens is 1210 g/mol. The lowest BCUT2D eigenvalue weighted by molar-refractivity contribution is -0.161. The lowest BCUT2D eigenvalue weighted by atomic mass is 9.99. The average molecular weight is 1350 g/mol. The van der Waals surface area contributed by atoms with Gasteiger partial charge in [0, 0.05) is 25.7 Å². The fraction of sp³-hybridized carbons (Fsp3) is 0.945. The summed E-state index contributed by atoms with van der Waals surface area (Å²) in [5, 5.41) is 10.6. The molecule has 92 heavy (non-hydrogen) atoms. The van der Waals surface area contributed by atoms with E-state index in [4.69, 9.17) is 37.0 Å². The summed E-state index contributed by atoms with van der Waals surface area (Å²) in [4.78, 5) is 72.7. The van der Waals surface area contributed by atoms with Crippen molar-refractivity contribution in [3.05, 3.63) is 0 Å². The van der Waals surface area contributed by atoms with Gasteiger partial charge in [-0.15, -0.1) is 0 Å². The summed E-state index contributed by atoms with van der Waals surface area (Å²) in [6, 6.07) is 0. The fourth-order valence-corrected chi connectivity index (χ4v) is 12.6. The van der Waals surface area contributed by atoms with E-state index in [0.29, 0.717) is 25.7 Å². The van der Waals surface area contributed by atoms with E-state index in [9.17, 15) is 43.2 Å². The normalized spacial score (nSPS) is 14.7. The molecule has 7 atom stereocenters. The molecule has 0 rings (SSSR count). The van der Waals surface area contributed by atoms with Crippen LogP contribution in [0.2, 0.25) is 0 Å². The van der Waals surface area contributed by atoms with Crippen molar-refractivity contribution >= 4 is 39.5 Å². The van der Waals surface area contributed by atoms with Crippen LogP contribution in [0.15, 0.2) is 0 Å². The van der Waals surface area contributed by atoms with Crippen molar-refractivity contribution in [1.82, 2.24) is 0 Å². The van der Waals surface area contributed by atoms with Crippen LogP contribution in [-0.2, 0) is 65.4 Å². The molecule has 0 radical (unpaired) electrons. The lowest BCUT2D eigenvalue weighted by Gasteiger charge is -2.21. The predicted molar refractivity (Wildman–Crippen MR) is 372 cm³/mol. The monoisotopic (exact) mass is 1350 g/mol. The third kappa shape index (κ3) is 64.1. The minimum atomic E-state index is -4.95. The largest absolute Gasteiger partial charge is 0.472 e. The van der Waals surface area contributed by atoms with Crippen molar-refractivity contribution in [2.45, 2.75) is 394 Å². The van der Waals surface area contributed by atoms with Crippen molar-refractivity contribution in [1.29, 1.82) is 0 Å². The number of carbonyl (C=O) groups is 4. The second kappa shape index (κ2) is 65.0. The number of phosphoric ester groups is 2. The highest BCUT2D eigenvalue weighted by Crippen LogP contribution is 2.45. The molecule has 3 N–H and O–H groups in total. The highest BCUT2D eigenvalue weighted by molar-refractivity contribution is 7.47. The Kier molecular flexibility index (Phi) is 63.7. The third-order valence-electron chi connectivity index (χ3n) is 17.7. The van der Waals surface area contributed by atoms with E-state index in [1.54, 1.807) is 0 Å². The maximum atomic E-state index is 13.1. The van der Waals surface area contributed by atoms with E-state index in [1.807, 2.05) is 0 Å². The zero-order chi connectivity index (χ0) is 67.9. The maximum absolute atomic E-state index is 13.1. The Hall–Kier alpha value is -1.94. The molecule has 0 saturated carbocycles. The SMILES string of the molecule is CCCCCCCCCCCCCCCCCCCC(=O)O[C@H](COC(=O)CCCCCCCCCCCCCCC)COP(=O)(O)OC[C@@H](O)COP(=O)(O)OC[C@@H](COC(=O)CCCCCCCCC(C)CC)OC(=O)CCCCCCCCCCC(C)CC. The standard InChI is InChI=1S/C73H142O17P2/c1-7-11-13-15-17-19-21-23-24-25-26-28-30-32-37-45-51-57-72(77)89-68(61-83-70(75)55-49-43-36-31-29-27-22-20-18-16-14-12-8-2)63-87-91(79,80)85-59-67(74)60-86-92(81,82)88-64-69(62-84-71(76)56-50-44-40-39-42-48-54-66(6)10-4)90-73(78)58-52-46-38-34-33-35-41-47-53-65(5)9-3/h65-69,74H,7-64H2,1-6H3,(H,79,80)(H,81,82)/t65?,66?,67-,68-,69-/m1/s1. The van der Waals surface area contributed by atoms with E-state index in [0.717, 1.165) is 108 Å². The number of unbranched alkanes of at least 4 members (excludes halogenated alkanes) is 40. The van der Waals surface area contributed by atoms with Crippen LogP contribution in [0.25, 0.3) is 0 Å². The number of hydrogen-bond acceptors (Lipinski definition) is 15. The Morgan fingerprint density at radius 1 is 0.304 bits per heavy atom. The summed E-state index contributed by atoms with van der Waals surface area (Å²) in [6.07, 6.45) is 51.3. The molecule has 19 heteroatoms. The first-order valence-corrected chi connectivity index (χ1v) is 41.1. The van der Waals surface area contributed by atoms with Gasteiger partial charge in [-0.25, -0.2) is 9.13 Å². The van der Waals surface area contributed by atoms with E-state index in [2.05, 4.69) is 41.5 Å². The number of aliphatic hydroxyl groups is 1. The molecular formula is C73H142O17P2. The van der Waals surface area contributed by atoms with Gasteiger partial charge in [0.25, 0.3) is 0 Å². The molecule has 0 aliphatic carbocycles. The molecule has 0 bridgehead atoms. The molecule has 0 aromatic heterocycles. The van der Waals surface area contributed by atoms with Gasteiger partial charge in [-0.05, 0) is 37.5 Å². The number of rotatable bonds is 72. The zero-order valence-electron chi connectivity index (χ0n) is 59.9. The smallest absolute Gasteiger partial charge is 0.462 e. The highest BCUT2D eigenvalue weighted by Gasteiger charge is 2.30. The molecule has 17 nitrogen and oxygen atoms in total. The molecule has 0 aromatic carbocycles. The van der Waals surface area contributed by atoms with Crippen molar-refractivity contribution < 1.29 is 80.2 Å². The van der Waals surface area contributed by atoms with E-state index in [1.165, 1.54) is 186 Å². The summed E-state index contributed by atoms with van der Waals surface area (Å²) in [5.74, 6) is -0.621. The van der Waals surface area contributed by atoms with Crippen molar-refractivity contribution in [2.75, 3.05) is 39.6 Å². The van der Waals surface area contributed by atoms with Gasteiger partial charge in [-0.1, -0.05) is 324 Å². The van der Waals surface area contributed by atoms with Crippen LogP contribution >= 0.6 is 15.6 Å². The van der Waals surface area contributed by atoms with Crippen molar-refractivity contribution in [3.63, 3.8) is 0 Å². The Morgan fingerprint density at radius 2 is 0.522 bits per heavy atom. The van der Waals surface area contributed by atoms with E-state index in [-0.39, 0.29) is 25.7 Å². The summed E-state index contributed by atoms with van der Waals surface area (Å²) in [7, 11) is -9.91. The molecule has 0 spiro atoms. The van der Waals surface area contributed by atoms with Crippen molar-refractivity contribution in [3.8, 4) is 0 Å². The number of hydrogen-bond donors (Lipinski definition) is 3. The first kappa shape index (κ1) is 90.1. The van der Waals surface area contributed by atoms with Crippen LogP contribution in [0.3, 0.4) is 0 Å². The van der Waals surface area contributed by atoms with Gasteiger partial charge in [0.1, 0.15) is 19.3 Å². The first-order valence-electron chi connectivity index (χ1n) is 38.1. The Morgan fingerprint density at radius 3 is 0.772 bits per heavy atom. The van der Waals surface area contributed by atoms with Crippen LogP contribution in [0.1, 0.15) is 375 Å². The van der Waals surface area contributed by atoms with Crippen LogP contribution in [0.4, 0.5) is 0 Å². The van der Waals surface area contributed by atoms with Crippen LogP contribution < -0.4 is 0 Å². The molecule has 0 fully saturated rings. The van der Waals surface area contributed by atoms with E-state index >= 15 is 0 Å². The molecule has 0 aromatic rings. The Labute approximate surface area is 562 Å². The average Bonchev–Trinajstić information content (AvgIpc) is 2.85. The van der Waals surface area contributed by atoms with Gasteiger partial charge < -0.3 is 33.8 Å². The third-order valence-corrected chi connectivity index (χ3v) is 19.6. The van der Waals surface area contributed by atoms with E-state index < -0.39 is 97.5 Å². The number of carbonyl (C=O) groups excluding carboxylic acids is 4. The van der Waals surface area contributed by atoms with Gasteiger partial charge in [0.15, 0.2) is 12.2 Å².